The van der Waals surface area contributed by atoms with E-state index in [2.05, 4.69) is 0 Å². The molecule has 16 heavy (non-hydrogen) atoms. The number of carbonyl (C=O) groups excluding carboxylic acids is 1. The quantitative estimate of drug-likeness (QED) is 0.407. The largest absolute Gasteiger partial charge is 0.507 e. The van der Waals surface area contributed by atoms with Gasteiger partial charge in [-0.3, -0.25) is 0 Å². The molecule has 4 heteroatoms. The van der Waals surface area contributed by atoms with Crippen LogP contribution >= 0.6 is 0 Å². The summed E-state index contributed by atoms with van der Waals surface area (Å²) in [7, 11) is 0. The molecule has 2 rings (SSSR count). The molecule has 2 aromatic rings. The van der Waals surface area contributed by atoms with Gasteiger partial charge in [0.15, 0.2) is 11.5 Å². The summed E-state index contributed by atoms with van der Waals surface area (Å²) in [5.41, 5.74) is 0.0474. The third-order valence-electron chi connectivity index (χ3n) is 2.52. The molecule has 0 aromatic heterocycles. The number of aromatic hydroxyl groups is 3. The van der Waals surface area contributed by atoms with E-state index in [9.17, 15) is 20.1 Å². The van der Waals surface area contributed by atoms with E-state index in [4.69, 9.17) is 0 Å². The first kappa shape index (κ1) is 10.3. The van der Waals surface area contributed by atoms with Crippen LogP contribution < -0.4 is 0 Å². The highest BCUT2D eigenvalue weighted by Gasteiger charge is 2.17. The standard InChI is InChI=1S/C12H10O4/c13-6-5-9-10(14)7-3-1-2-4-8(7)11(15)12(9)16/h1-4,6,14-16H,5H2. The molecule has 0 unspecified atom stereocenters. The Labute approximate surface area is 91.4 Å². The Balaban J connectivity index is 2.88. The fraction of sp³-hybridized carbons (Fsp3) is 0.0833. The van der Waals surface area contributed by atoms with E-state index in [1.54, 1.807) is 24.3 Å². The van der Waals surface area contributed by atoms with Crippen molar-refractivity contribution in [3.8, 4) is 17.2 Å². The zero-order valence-corrected chi connectivity index (χ0v) is 8.34. The van der Waals surface area contributed by atoms with Crippen molar-refractivity contribution in [2.45, 2.75) is 6.42 Å². The van der Waals surface area contributed by atoms with E-state index in [1.807, 2.05) is 0 Å². The SMILES string of the molecule is O=CCc1c(O)c(O)c2ccccc2c1O. The van der Waals surface area contributed by atoms with Crippen LogP contribution in [-0.2, 0) is 11.2 Å². The molecule has 4 nitrogen and oxygen atoms in total. The van der Waals surface area contributed by atoms with Crippen LogP contribution in [0.3, 0.4) is 0 Å². The van der Waals surface area contributed by atoms with Gasteiger partial charge in [0.05, 0.1) is 0 Å². The van der Waals surface area contributed by atoms with Gasteiger partial charge < -0.3 is 20.1 Å². The van der Waals surface area contributed by atoms with Gasteiger partial charge in [-0.15, -0.1) is 0 Å². The van der Waals surface area contributed by atoms with Gasteiger partial charge in [-0.05, 0) is 0 Å². The van der Waals surface area contributed by atoms with Gasteiger partial charge in [-0.25, -0.2) is 0 Å². The molecule has 0 amide bonds. The van der Waals surface area contributed by atoms with Crippen LogP contribution in [-0.4, -0.2) is 21.6 Å². The van der Waals surface area contributed by atoms with Gasteiger partial charge in [0, 0.05) is 22.8 Å². The molecule has 0 saturated heterocycles. The number of phenolic OH excluding ortho intramolecular Hbond substituents is 3. The third kappa shape index (κ3) is 1.35. The smallest absolute Gasteiger partial charge is 0.166 e. The fourth-order valence-electron chi connectivity index (χ4n) is 1.72. The van der Waals surface area contributed by atoms with Crippen molar-refractivity contribution < 1.29 is 20.1 Å². The number of carbonyl (C=O) groups is 1. The Hall–Kier alpha value is -2.23. The zero-order valence-electron chi connectivity index (χ0n) is 8.34. The van der Waals surface area contributed by atoms with Gasteiger partial charge in [0.25, 0.3) is 0 Å². The van der Waals surface area contributed by atoms with Crippen molar-refractivity contribution in [2.75, 3.05) is 0 Å². The minimum atomic E-state index is -0.441. The molecule has 82 valence electrons. The second-order valence-corrected chi connectivity index (χ2v) is 3.44. The first-order chi connectivity index (χ1) is 7.66. The van der Waals surface area contributed by atoms with Crippen LogP contribution in [0, 0.1) is 0 Å². The lowest BCUT2D eigenvalue weighted by molar-refractivity contribution is -0.107. The zero-order chi connectivity index (χ0) is 11.7. The second kappa shape index (κ2) is 3.73. The topological polar surface area (TPSA) is 77.8 Å². The average molecular weight is 218 g/mol. The number of fused-ring (bicyclic) bond motifs is 1. The van der Waals surface area contributed by atoms with Crippen LogP contribution in [0.4, 0.5) is 0 Å². The van der Waals surface area contributed by atoms with Crippen LogP contribution in [0.15, 0.2) is 24.3 Å². The number of hydrogen-bond donors (Lipinski definition) is 3. The molecule has 0 fully saturated rings. The monoisotopic (exact) mass is 218 g/mol. The lowest BCUT2D eigenvalue weighted by Crippen LogP contribution is -1.90. The minimum Gasteiger partial charge on any atom is -0.507 e. The Bertz CT molecular complexity index is 560. The highest BCUT2D eigenvalue weighted by molar-refractivity contribution is 5.97. The van der Waals surface area contributed by atoms with Gasteiger partial charge in [-0.2, -0.15) is 0 Å². The Morgan fingerprint density at radius 1 is 0.938 bits per heavy atom. The maximum Gasteiger partial charge on any atom is 0.166 e. The molecule has 0 aliphatic heterocycles. The molecular weight excluding hydrogens is 208 g/mol. The number of benzene rings is 2. The first-order valence-electron chi connectivity index (χ1n) is 4.75. The maximum absolute atomic E-state index is 10.4. The first-order valence-corrected chi connectivity index (χ1v) is 4.75. The second-order valence-electron chi connectivity index (χ2n) is 3.44. The number of aldehydes is 1. The Morgan fingerprint density at radius 3 is 2.06 bits per heavy atom. The summed E-state index contributed by atoms with van der Waals surface area (Å²) in [6.07, 6.45) is 0.416. The predicted octanol–water partition coefficient (Wildman–Crippen LogP) is 1.70. The van der Waals surface area contributed by atoms with Crippen LogP contribution in [0.25, 0.3) is 10.8 Å². The van der Waals surface area contributed by atoms with E-state index in [0.717, 1.165) is 0 Å². The highest BCUT2D eigenvalue weighted by atomic mass is 16.3. The van der Waals surface area contributed by atoms with Gasteiger partial charge in [-0.1, -0.05) is 24.3 Å². The number of hydrogen-bond acceptors (Lipinski definition) is 4. The molecule has 0 spiro atoms. The predicted molar refractivity (Wildman–Crippen MR) is 58.7 cm³/mol. The molecular formula is C12H10O4. The summed E-state index contributed by atoms with van der Waals surface area (Å²) in [4.78, 5) is 10.4. The summed E-state index contributed by atoms with van der Waals surface area (Å²) in [5, 5.41) is 30.0. The Morgan fingerprint density at radius 2 is 1.50 bits per heavy atom. The van der Waals surface area contributed by atoms with Gasteiger partial charge in [0.1, 0.15) is 12.0 Å². The van der Waals surface area contributed by atoms with E-state index >= 15 is 0 Å². The summed E-state index contributed by atoms with van der Waals surface area (Å²) in [6, 6.07) is 6.57. The number of rotatable bonds is 2. The van der Waals surface area contributed by atoms with Crippen molar-refractivity contribution in [3.05, 3.63) is 29.8 Å². The van der Waals surface area contributed by atoms with E-state index in [0.29, 0.717) is 17.1 Å². The van der Waals surface area contributed by atoms with Crippen molar-refractivity contribution in [3.63, 3.8) is 0 Å². The van der Waals surface area contributed by atoms with E-state index < -0.39 is 5.75 Å². The van der Waals surface area contributed by atoms with Crippen LogP contribution in [0.1, 0.15) is 5.56 Å². The molecule has 0 aliphatic rings. The fourth-order valence-corrected chi connectivity index (χ4v) is 1.72. The summed E-state index contributed by atoms with van der Waals surface area (Å²) in [5.74, 6) is -0.924. The summed E-state index contributed by atoms with van der Waals surface area (Å²) < 4.78 is 0. The lowest BCUT2D eigenvalue weighted by atomic mass is 10.0. The molecule has 2 aromatic carbocycles. The molecule has 3 N–H and O–H groups in total. The molecule has 0 aliphatic carbocycles. The molecule has 0 atom stereocenters. The van der Waals surface area contributed by atoms with Crippen LogP contribution in [0.2, 0.25) is 0 Å². The number of phenols is 3. The highest BCUT2D eigenvalue weighted by Crippen LogP contribution is 2.43. The van der Waals surface area contributed by atoms with Crippen molar-refractivity contribution >= 4 is 17.1 Å². The van der Waals surface area contributed by atoms with Crippen molar-refractivity contribution in [1.29, 1.82) is 0 Å². The average Bonchev–Trinajstić information content (AvgIpc) is 2.32. The summed E-state index contributed by atoms with van der Waals surface area (Å²) >= 11 is 0. The van der Waals surface area contributed by atoms with Gasteiger partial charge in [0.2, 0.25) is 0 Å². The minimum absolute atomic E-state index is 0.0474. The summed E-state index contributed by atoms with van der Waals surface area (Å²) in [6.45, 7) is 0. The van der Waals surface area contributed by atoms with Crippen molar-refractivity contribution in [2.24, 2.45) is 0 Å². The molecule has 0 radical (unpaired) electrons. The lowest BCUT2D eigenvalue weighted by Gasteiger charge is -2.10. The van der Waals surface area contributed by atoms with Crippen LogP contribution in [0.5, 0.6) is 17.2 Å². The van der Waals surface area contributed by atoms with Crippen molar-refractivity contribution in [1.82, 2.24) is 0 Å². The third-order valence-corrected chi connectivity index (χ3v) is 2.52. The Kier molecular flexibility index (Phi) is 2.40. The van der Waals surface area contributed by atoms with E-state index in [-0.39, 0.29) is 23.5 Å². The maximum atomic E-state index is 10.4. The normalized spacial score (nSPS) is 10.5. The molecule has 0 saturated carbocycles. The van der Waals surface area contributed by atoms with Gasteiger partial charge >= 0.3 is 0 Å². The molecule has 0 heterocycles. The van der Waals surface area contributed by atoms with E-state index in [1.165, 1.54) is 0 Å². The molecule has 0 bridgehead atoms.